The minimum Gasteiger partial charge on any atom is -0.478 e. The summed E-state index contributed by atoms with van der Waals surface area (Å²) in [6.45, 7) is 2.31. The molecule has 1 fully saturated rings. The highest BCUT2D eigenvalue weighted by Gasteiger charge is 2.33. The van der Waals surface area contributed by atoms with E-state index in [1.807, 2.05) is 6.92 Å². The van der Waals surface area contributed by atoms with Crippen LogP contribution in [-0.2, 0) is 4.79 Å². The first kappa shape index (κ1) is 15.3. The van der Waals surface area contributed by atoms with E-state index in [-0.39, 0.29) is 11.9 Å². The molecule has 1 aliphatic rings. The molecule has 1 aromatic heterocycles. The van der Waals surface area contributed by atoms with Crippen LogP contribution in [0.4, 0.5) is 0 Å². The van der Waals surface area contributed by atoms with Gasteiger partial charge >= 0.3 is 5.97 Å². The Labute approximate surface area is 127 Å². The second-order valence-corrected chi connectivity index (χ2v) is 6.05. The molecule has 1 aromatic rings. The molecule has 0 bridgehead atoms. The third kappa shape index (κ3) is 3.92. The summed E-state index contributed by atoms with van der Waals surface area (Å²) in [5.41, 5.74) is 0.886. The van der Waals surface area contributed by atoms with Gasteiger partial charge in [-0.25, -0.2) is 4.79 Å². The first-order valence-corrected chi connectivity index (χ1v) is 7.54. The van der Waals surface area contributed by atoms with Gasteiger partial charge in [0.2, 0.25) is 0 Å². The van der Waals surface area contributed by atoms with Crippen LogP contribution in [0.1, 0.15) is 39.4 Å². The molecule has 1 heterocycles. The molecular weight excluding hydrogens is 288 g/mol. The topological polar surface area (TPSA) is 81.4 Å². The number of carboxylic acids is 1. The molecular formula is C15H16N2O3S. The van der Waals surface area contributed by atoms with Gasteiger partial charge in [-0.2, -0.15) is 5.26 Å². The van der Waals surface area contributed by atoms with Gasteiger partial charge in [0.1, 0.15) is 0 Å². The zero-order valence-electron chi connectivity index (χ0n) is 11.7. The Balaban J connectivity index is 2.16. The van der Waals surface area contributed by atoms with E-state index >= 15 is 0 Å². The van der Waals surface area contributed by atoms with Crippen LogP contribution in [0.5, 0.6) is 0 Å². The Morgan fingerprint density at radius 2 is 2.29 bits per heavy atom. The molecule has 0 unspecified atom stereocenters. The van der Waals surface area contributed by atoms with Gasteiger partial charge in [-0.3, -0.25) is 4.79 Å². The number of carbonyl (C=O) groups excluding carboxylic acids is 1. The number of carboxylic acid groups (broad SMARTS) is 1. The first-order chi connectivity index (χ1) is 10.0. The molecule has 0 saturated heterocycles. The molecule has 1 N–H and O–H groups in total. The van der Waals surface area contributed by atoms with E-state index in [9.17, 15) is 9.59 Å². The molecule has 21 heavy (non-hydrogen) atoms. The third-order valence-electron chi connectivity index (χ3n) is 3.26. The Morgan fingerprint density at radius 3 is 2.86 bits per heavy atom. The molecule has 1 amide bonds. The highest BCUT2D eigenvalue weighted by atomic mass is 32.1. The van der Waals surface area contributed by atoms with Crippen molar-refractivity contribution in [3.8, 4) is 6.07 Å². The molecule has 6 heteroatoms. The molecule has 2 rings (SSSR count). The van der Waals surface area contributed by atoms with Gasteiger partial charge in [-0.1, -0.05) is 0 Å². The van der Waals surface area contributed by atoms with Crippen LogP contribution in [0.2, 0.25) is 0 Å². The van der Waals surface area contributed by atoms with Gasteiger partial charge in [0.15, 0.2) is 0 Å². The number of rotatable bonds is 6. The van der Waals surface area contributed by atoms with Crippen molar-refractivity contribution >= 4 is 29.3 Å². The summed E-state index contributed by atoms with van der Waals surface area (Å²) in [5.74, 6) is -1.07. The summed E-state index contributed by atoms with van der Waals surface area (Å²) in [4.78, 5) is 26.2. The summed E-state index contributed by atoms with van der Waals surface area (Å²) in [6, 6.07) is 4.11. The molecule has 110 valence electrons. The molecule has 0 spiro atoms. The molecule has 0 radical (unpaired) electrons. The summed E-state index contributed by atoms with van der Waals surface area (Å²) in [7, 11) is 0. The van der Waals surface area contributed by atoms with Gasteiger partial charge in [-0.05, 0) is 37.5 Å². The zero-order valence-corrected chi connectivity index (χ0v) is 12.5. The summed E-state index contributed by atoms with van der Waals surface area (Å²) < 4.78 is 0. The van der Waals surface area contributed by atoms with Crippen molar-refractivity contribution in [1.29, 1.82) is 5.26 Å². The maximum atomic E-state index is 12.5. The average Bonchev–Trinajstić information content (AvgIpc) is 3.20. The van der Waals surface area contributed by atoms with Crippen LogP contribution < -0.4 is 0 Å². The van der Waals surface area contributed by atoms with Crippen LogP contribution in [0.15, 0.2) is 12.1 Å². The van der Waals surface area contributed by atoms with Crippen LogP contribution in [0.25, 0.3) is 6.08 Å². The van der Waals surface area contributed by atoms with Crippen LogP contribution in [0, 0.1) is 18.3 Å². The van der Waals surface area contributed by atoms with E-state index in [0.717, 1.165) is 29.4 Å². The summed E-state index contributed by atoms with van der Waals surface area (Å²) in [6.07, 6.45) is 4.90. The number of amides is 1. The van der Waals surface area contributed by atoms with Crippen LogP contribution in [0.3, 0.4) is 0 Å². The maximum absolute atomic E-state index is 12.5. The minimum atomic E-state index is -1.01. The van der Waals surface area contributed by atoms with Crippen molar-refractivity contribution in [3.05, 3.63) is 27.5 Å². The lowest BCUT2D eigenvalue weighted by Gasteiger charge is -2.20. The minimum absolute atomic E-state index is 0.0594. The van der Waals surface area contributed by atoms with Crippen molar-refractivity contribution in [3.63, 3.8) is 0 Å². The number of hydrogen-bond donors (Lipinski definition) is 1. The second kappa shape index (κ2) is 6.55. The maximum Gasteiger partial charge on any atom is 0.328 e. The van der Waals surface area contributed by atoms with Crippen LogP contribution in [-0.4, -0.2) is 34.5 Å². The largest absolute Gasteiger partial charge is 0.478 e. The number of nitrogens with zero attached hydrogens (tertiary/aromatic N) is 2. The standard InChI is InChI=1S/C15H16N2O3S/c1-10-9-13(21-12(10)5-6-14(18)19)15(20)17(8-2-7-16)11-3-4-11/h5-6,9,11H,2-4,8H2,1H3,(H,18,19)/b6-5+. The normalized spacial score (nSPS) is 14.1. The number of aliphatic carboxylic acids is 1. The highest BCUT2D eigenvalue weighted by Crippen LogP contribution is 2.31. The van der Waals surface area contributed by atoms with Gasteiger partial charge in [-0.15, -0.1) is 11.3 Å². The number of carbonyl (C=O) groups is 2. The fourth-order valence-corrected chi connectivity index (χ4v) is 3.10. The molecule has 5 nitrogen and oxygen atoms in total. The summed E-state index contributed by atoms with van der Waals surface area (Å²) in [5, 5.41) is 17.3. The van der Waals surface area contributed by atoms with E-state index in [4.69, 9.17) is 10.4 Å². The first-order valence-electron chi connectivity index (χ1n) is 6.72. The number of hydrogen-bond acceptors (Lipinski definition) is 4. The third-order valence-corrected chi connectivity index (χ3v) is 4.45. The molecule has 0 aromatic carbocycles. The number of thiophene rings is 1. The summed E-state index contributed by atoms with van der Waals surface area (Å²) >= 11 is 1.29. The van der Waals surface area contributed by atoms with E-state index in [0.29, 0.717) is 17.8 Å². The number of aryl methyl sites for hydroxylation is 1. The fraction of sp³-hybridized carbons (Fsp3) is 0.400. The van der Waals surface area contributed by atoms with Gasteiger partial charge in [0, 0.05) is 23.5 Å². The van der Waals surface area contributed by atoms with E-state index < -0.39 is 5.97 Å². The van der Waals surface area contributed by atoms with Crippen molar-refractivity contribution in [1.82, 2.24) is 4.90 Å². The molecule has 1 aliphatic carbocycles. The highest BCUT2D eigenvalue weighted by molar-refractivity contribution is 7.15. The van der Waals surface area contributed by atoms with E-state index in [2.05, 4.69) is 6.07 Å². The van der Waals surface area contributed by atoms with Crippen molar-refractivity contribution in [2.75, 3.05) is 6.54 Å². The van der Waals surface area contributed by atoms with E-state index in [1.54, 1.807) is 11.0 Å². The van der Waals surface area contributed by atoms with Gasteiger partial charge in [0.25, 0.3) is 5.91 Å². The van der Waals surface area contributed by atoms with Crippen molar-refractivity contribution in [2.45, 2.75) is 32.2 Å². The SMILES string of the molecule is Cc1cc(C(=O)N(CCC#N)C2CC2)sc1/C=C/C(=O)O. The number of nitriles is 1. The van der Waals surface area contributed by atoms with Crippen molar-refractivity contribution in [2.24, 2.45) is 0 Å². The Bertz CT molecular complexity index is 623. The Morgan fingerprint density at radius 1 is 1.57 bits per heavy atom. The monoisotopic (exact) mass is 304 g/mol. The van der Waals surface area contributed by atoms with E-state index in [1.165, 1.54) is 17.4 Å². The lowest BCUT2D eigenvalue weighted by Crippen LogP contribution is -2.33. The molecule has 0 atom stereocenters. The lowest BCUT2D eigenvalue weighted by molar-refractivity contribution is -0.131. The zero-order chi connectivity index (χ0) is 15.4. The van der Waals surface area contributed by atoms with Crippen molar-refractivity contribution < 1.29 is 14.7 Å². The second-order valence-electron chi connectivity index (χ2n) is 4.97. The Hall–Kier alpha value is -2.13. The molecule has 1 saturated carbocycles. The molecule has 0 aliphatic heterocycles. The van der Waals surface area contributed by atoms with Gasteiger partial charge in [0.05, 0.1) is 17.4 Å². The average molecular weight is 304 g/mol. The predicted molar refractivity (Wildman–Crippen MR) is 80.0 cm³/mol. The van der Waals surface area contributed by atoms with Crippen LogP contribution >= 0.6 is 11.3 Å². The smallest absolute Gasteiger partial charge is 0.328 e. The quantitative estimate of drug-likeness (QED) is 0.819. The lowest BCUT2D eigenvalue weighted by atomic mass is 10.2. The predicted octanol–water partition coefficient (Wildman–Crippen LogP) is 2.67. The Kier molecular flexibility index (Phi) is 4.76. The van der Waals surface area contributed by atoms with Gasteiger partial charge < -0.3 is 10.0 Å². The fourth-order valence-electron chi connectivity index (χ4n) is 2.06.